The lowest BCUT2D eigenvalue weighted by molar-refractivity contribution is 0.0478. The summed E-state index contributed by atoms with van der Waals surface area (Å²) in [4.78, 5) is 22.9. The van der Waals surface area contributed by atoms with Crippen LogP contribution in [0.15, 0.2) is 0 Å². The fourth-order valence-corrected chi connectivity index (χ4v) is 3.67. The zero-order valence-corrected chi connectivity index (χ0v) is 22.2. The lowest BCUT2D eigenvalue weighted by Crippen LogP contribution is -2.44. The Morgan fingerprint density at radius 2 is 1.00 bits per heavy atom. The maximum Gasteiger partial charge on any atom is 0.407 e. The molecule has 0 spiro atoms. The van der Waals surface area contributed by atoms with Gasteiger partial charge in [-0.1, -0.05) is 0 Å². The Labute approximate surface area is 206 Å². The molecule has 0 aromatic heterocycles. The Hall–Kier alpha value is -0.960. The van der Waals surface area contributed by atoms with Crippen LogP contribution >= 0.6 is 24.8 Å². The van der Waals surface area contributed by atoms with E-state index in [4.69, 9.17) is 20.9 Å². The third-order valence-electron chi connectivity index (χ3n) is 4.87. The molecule has 2 rings (SSSR count). The van der Waals surface area contributed by atoms with E-state index in [-0.39, 0.29) is 61.2 Å². The van der Waals surface area contributed by atoms with Crippen molar-refractivity contribution in [2.24, 2.45) is 11.5 Å². The number of carbonyl (C=O) groups excluding carboxylic acids is 2. The van der Waals surface area contributed by atoms with Crippen LogP contribution in [0.5, 0.6) is 0 Å². The molecule has 2 saturated carbocycles. The number of hydrogen-bond acceptors (Lipinski definition) is 6. The molecule has 0 heterocycles. The molecular formula is C22H46Cl2N4O4. The van der Waals surface area contributed by atoms with Crippen LogP contribution in [-0.4, -0.2) is 47.6 Å². The number of rotatable bonds is 2. The predicted octanol–water partition coefficient (Wildman–Crippen LogP) is 4.41. The van der Waals surface area contributed by atoms with E-state index in [1.807, 2.05) is 41.5 Å². The van der Waals surface area contributed by atoms with Gasteiger partial charge in [-0.3, -0.25) is 0 Å². The SMILES string of the molecule is CC(C)(C)OC(=O)N[C@@H]1CCC[C@H](N)C1.CC(C)(C)OC(=O)N[C@H]1CCC[C@@H](N)C1.Cl.Cl. The molecule has 8 nitrogen and oxygen atoms in total. The first kappa shape index (κ1) is 33.2. The smallest absolute Gasteiger partial charge is 0.407 e. The molecule has 6 N–H and O–H groups in total. The second-order valence-corrected chi connectivity index (χ2v) is 10.5. The molecule has 0 aliphatic heterocycles. The minimum Gasteiger partial charge on any atom is -0.444 e. The van der Waals surface area contributed by atoms with E-state index in [2.05, 4.69) is 10.6 Å². The summed E-state index contributed by atoms with van der Waals surface area (Å²) in [5.74, 6) is 0. The molecule has 0 unspecified atom stereocenters. The van der Waals surface area contributed by atoms with Crippen molar-refractivity contribution in [2.45, 2.75) is 128 Å². The normalized spacial score (nSPS) is 25.5. The third kappa shape index (κ3) is 16.6. The van der Waals surface area contributed by atoms with E-state index >= 15 is 0 Å². The van der Waals surface area contributed by atoms with Crippen LogP contribution in [0.2, 0.25) is 0 Å². The first-order chi connectivity index (χ1) is 13.7. The van der Waals surface area contributed by atoms with E-state index in [0.29, 0.717) is 0 Å². The summed E-state index contributed by atoms with van der Waals surface area (Å²) < 4.78 is 10.4. The molecule has 0 aromatic carbocycles. The molecule has 2 amide bonds. The van der Waals surface area contributed by atoms with Crippen molar-refractivity contribution in [1.82, 2.24) is 10.6 Å². The molecule has 192 valence electrons. The van der Waals surface area contributed by atoms with Crippen molar-refractivity contribution >= 4 is 37.0 Å². The summed E-state index contributed by atoms with van der Waals surface area (Å²) in [5.41, 5.74) is 10.8. The number of alkyl carbamates (subject to hydrolysis) is 2. The molecule has 2 aliphatic rings. The van der Waals surface area contributed by atoms with Gasteiger partial charge in [0, 0.05) is 24.2 Å². The van der Waals surface area contributed by atoms with Gasteiger partial charge in [0.25, 0.3) is 0 Å². The minimum atomic E-state index is -0.430. The molecule has 0 aromatic rings. The molecule has 0 bridgehead atoms. The van der Waals surface area contributed by atoms with Gasteiger partial charge in [0.1, 0.15) is 11.2 Å². The second kappa shape index (κ2) is 15.0. The van der Waals surface area contributed by atoms with Crippen molar-refractivity contribution in [3.63, 3.8) is 0 Å². The number of ether oxygens (including phenoxy) is 2. The minimum absolute atomic E-state index is 0. The van der Waals surface area contributed by atoms with Crippen molar-refractivity contribution in [3.05, 3.63) is 0 Å². The molecule has 2 aliphatic carbocycles. The fourth-order valence-electron chi connectivity index (χ4n) is 3.67. The summed E-state index contributed by atoms with van der Waals surface area (Å²) in [6.45, 7) is 11.2. The zero-order valence-electron chi connectivity index (χ0n) is 20.6. The van der Waals surface area contributed by atoms with Gasteiger partial charge < -0.3 is 31.6 Å². The van der Waals surface area contributed by atoms with Crippen molar-refractivity contribution in [2.75, 3.05) is 0 Å². The van der Waals surface area contributed by atoms with Crippen molar-refractivity contribution in [1.29, 1.82) is 0 Å². The Morgan fingerprint density at radius 3 is 1.25 bits per heavy atom. The Bertz CT molecular complexity index is 505. The van der Waals surface area contributed by atoms with Crippen molar-refractivity contribution in [3.8, 4) is 0 Å². The molecule has 4 atom stereocenters. The first-order valence-corrected chi connectivity index (χ1v) is 11.2. The number of nitrogens with two attached hydrogens (primary N) is 2. The summed E-state index contributed by atoms with van der Waals surface area (Å²) in [7, 11) is 0. The van der Waals surface area contributed by atoms with Crippen LogP contribution in [0.1, 0.15) is 92.9 Å². The summed E-state index contributed by atoms with van der Waals surface area (Å²) >= 11 is 0. The van der Waals surface area contributed by atoms with Gasteiger partial charge in [-0.05, 0) is 92.9 Å². The highest BCUT2D eigenvalue weighted by Crippen LogP contribution is 2.18. The number of amides is 2. The van der Waals surface area contributed by atoms with E-state index in [1.54, 1.807) is 0 Å². The molecule has 2 fully saturated rings. The monoisotopic (exact) mass is 500 g/mol. The van der Waals surface area contributed by atoms with Crippen LogP contribution in [0.4, 0.5) is 9.59 Å². The van der Waals surface area contributed by atoms with E-state index in [1.165, 1.54) is 0 Å². The van der Waals surface area contributed by atoms with Gasteiger partial charge >= 0.3 is 12.2 Å². The molecule has 32 heavy (non-hydrogen) atoms. The van der Waals surface area contributed by atoms with Crippen LogP contribution in [0.25, 0.3) is 0 Å². The lowest BCUT2D eigenvalue weighted by Gasteiger charge is -2.28. The van der Waals surface area contributed by atoms with Crippen LogP contribution in [0, 0.1) is 0 Å². The van der Waals surface area contributed by atoms with Crippen LogP contribution < -0.4 is 22.1 Å². The highest BCUT2D eigenvalue weighted by molar-refractivity contribution is 5.85. The topological polar surface area (TPSA) is 129 Å². The van der Waals surface area contributed by atoms with E-state index in [9.17, 15) is 9.59 Å². The van der Waals surface area contributed by atoms with Crippen LogP contribution in [-0.2, 0) is 9.47 Å². The quantitative estimate of drug-likeness (QED) is 0.444. The number of carbonyl (C=O) groups is 2. The Kier molecular flexibility index (Phi) is 15.6. The number of hydrogen-bond donors (Lipinski definition) is 4. The number of halogens is 2. The van der Waals surface area contributed by atoms with E-state index < -0.39 is 11.2 Å². The van der Waals surface area contributed by atoms with Crippen LogP contribution in [0.3, 0.4) is 0 Å². The number of nitrogens with one attached hydrogen (secondary N) is 2. The second-order valence-electron chi connectivity index (χ2n) is 10.5. The lowest BCUT2D eigenvalue weighted by atomic mass is 9.92. The van der Waals surface area contributed by atoms with Gasteiger partial charge in [0.2, 0.25) is 0 Å². The van der Waals surface area contributed by atoms with Gasteiger partial charge in [-0.25, -0.2) is 9.59 Å². The van der Waals surface area contributed by atoms with E-state index in [0.717, 1.165) is 51.4 Å². The summed E-state index contributed by atoms with van der Waals surface area (Å²) in [5, 5.41) is 5.73. The molecule has 10 heteroatoms. The predicted molar refractivity (Wildman–Crippen MR) is 134 cm³/mol. The van der Waals surface area contributed by atoms with Gasteiger partial charge in [0.15, 0.2) is 0 Å². The molecule has 0 saturated heterocycles. The average molecular weight is 502 g/mol. The highest BCUT2D eigenvalue weighted by atomic mass is 35.5. The Balaban J connectivity index is 0. The molecule has 0 radical (unpaired) electrons. The maximum absolute atomic E-state index is 11.5. The van der Waals surface area contributed by atoms with Gasteiger partial charge in [-0.15, -0.1) is 24.8 Å². The molecular weight excluding hydrogens is 455 g/mol. The standard InChI is InChI=1S/2C11H22N2O2.2ClH/c2*1-11(2,3)15-10(14)13-9-6-4-5-8(12)7-9;;/h2*8-9H,4-7,12H2,1-3H3,(H,13,14);2*1H/t2*8-,9+;;/m10../s1. The Morgan fingerprint density at radius 1 is 0.688 bits per heavy atom. The zero-order chi connectivity index (χ0) is 22.9. The maximum atomic E-state index is 11.5. The summed E-state index contributed by atoms with van der Waals surface area (Å²) in [6, 6.07) is 0.810. The highest BCUT2D eigenvalue weighted by Gasteiger charge is 2.24. The largest absolute Gasteiger partial charge is 0.444 e. The van der Waals surface area contributed by atoms with Gasteiger partial charge in [-0.2, -0.15) is 0 Å². The third-order valence-corrected chi connectivity index (χ3v) is 4.87. The summed E-state index contributed by atoms with van der Waals surface area (Å²) in [6.07, 6.45) is 7.36. The van der Waals surface area contributed by atoms with Gasteiger partial charge in [0.05, 0.1) is 0 Å². The first-order valence-electron chi connectivity index (χ1n) is 11.2. The fraction of sp³-hybridized carbons (Fsp3) is 0.909. The van der Waals surface area contributed by atoms with Crippen molar-refractivity contribution < 1.29 is 19.1 Å². The average Bonchev–Trinajstić information content (AvgIpc) is 2.51.